The van der Waals surface area contributed by atoms with E-state index in [0.29, 0.717) is 21.4 Å². The first-order valence-electron chi connectivity index (χ1n) is 6.13. The van der Waals surface area contributed by atoms with Crippen LogP contribution in [0.3, 0.4) is 0 Å². The topological polar surface area (TPSA) is 80.0 Å². The van der Waals surface area contributed by atoms with Gasteiger partial charge in [-0.1, -0.05) is 28.4 Å². The number of anilines is 1. The summed E-state index contributed by atoms with van der Waals surface area (Å²) in [6.45, 7) is 3.13. The number of benzene rings is 1. The van der Waals surface area contributed by atoms with Crippen LogP contribution in [0.5, 0.6) is 0 Å². The fraction of sp³-hybridized carbons (Fsp3) is 0.308. The van der Waals surface area contributed by atoms with Gasteiger partial charge in [0.25, 0.3) is 0 Å². The number of amides is 1. The van der Waals surface area contributed by atoms with Crippen LogP contribution in [0.15, 0.2) is 24.4 Å². The minimum absolute atomic E-state index is 0.0497. The van der Waals surface area contributed by atoms with E-state index in [0.717, 1.165) is 0 Å². The molecule has 0 fully saturated rings. The van der Waals surface area contributed by atoms with Gasteiger partial charge in [0.15, 0.2) is 0 Å². The third-order valence-electron chi connectivity index (χ3n) is 2.67. The fourth-order valence-electron chi connectivity index (χ4n) is 1.59. The molecule has 112 valence electrons. The fourth-order valence-corrected chi connectivity index (χ4v) is 1.92. The Morgan fingerprint density at radius 1 is 1.43 bits per heavy atom. The number of carbonyl (C=O) groups excluding carboxylic acids is 1. The highest BCUT2D eigenvalue weighted by Gasteiger charge is 2.20. The summed E-state index contributed by atoms with van der Waals surface area (Å²) in [6.07, 6.45) is 1.51. The van der Waals surface area contributed by atoms with Gasteiger partial charge in [0, 0.05) is 5.02 Å². The van der Waals surface area contributed by atoms with E-state index in [-0.39, 0.29) is 12.5 Å². The van der Waals surface area contributed by atoms with Crippen molar-refractivity contribution in [1.29, 1.82) is 0 Å². The van der Waals surface area contributed by atoms with Crippen LogP contribution < -0.4 is 5.32 Å². The quantitative estimate of drug-likeness (QED) is 0.903. The van der Waals surface area contributed by atoms with Crippen molar-refractivity contribution >= 4 is 34.8 Å². The van der Waals surface area contributed by atoms with Crippen molar-refractivity contribution in [2.75, 3.05) is 5.32 Å². The van der Waals surface area contributed by atoms with E-state index in [9.17, 15) is 9.90 Å². The lowest BCUT2D eigenvalue weighted by molar-refractivity contribution is -0.116. The third kappa shape index (κ3) is 4.17. The maximum atomic E-state index is 11.9. The highest BCUT2D eigenvalue weighted by atomic mass is 35.5. The van der Waals surface area contributed by atoms with Gasteiger partial charge in [-0.15, -0.1) is 5.10 Å². The zero-order valence-electron chi connectivity index (χ0n) is 11.5. The number of carbonyl (C=O) groups is 1. The standard InChI is InChI=1S/C13H14Cl2N4O2/c1-13(2,21)11-6-19(18-17-11)7-12(20)16-10-5-8(14)3-4-9(10)15/h3-6,21H,7H2,1-2H3,(H,16,20). The summed E-state index contributed by atoms with van der Waals surface area (Å²) >= 11 is 11.8. The molecule has 2 aromatic rings. The lowest BCUT2D eigenvalue weighted by Gasteiger charge is -2.11. The summed E-state index contributed by atoms with van der Waals surface area (Å²) in [6, 6.07) is 4.79. The van der Waals surface area contributed by atoms with Gasteiger partial charge in [0.1, 0.15) is 17.8 Å². The van der Waals surface area contributed by atoms with Gasteiger partial charge >= 0.3 is 0 Å². The van der Waals surface area contributed by atoms with Crippen LogP contribution in [0.1, 0.15) is 19.5 Å². The Hall–Kier alpha value is -1.63. The van der Waals surface area contributed by atoms with Gasteiger partial charge in [-0.25, -0.2) is 4.68 Å². The van der Waals surface area contributed by atoms with Crippen molar-refractivity contribution in [1.82, 2.24) is 15.0 Å². The normalized spacial score (nSPS) is 11.5. The summed E-state index contributed by atoms with van der Waals surface area (Å²) in [5.41, 5.74) is -0.293. The highest BCUT2D eigenvalue weighted by molar-refractivity contribution is 6.35. The number of nitrogens with one attached hydrogen (secondary N) is 1. The maximum absolute atomic E-state index is 11.9. The number of halogens is 2. The van der Waals surface area contributed by atoms with Crippen molar-refractivity contribution in [3.8, 4) is 0 Å². The Morgan fingerprint density at radius 3 is 2.76 bits per heavy atom. The molecule has 0 unspecified atom stereocenters. The Labute approximate surface area is 131 Å². The average Bonchev–Trinajstić information content (AvgIpc) is 2.82. The molecule has 1 aromatic carbocycles. The summed E-state index contributed by atoms with van der Waals surface area (Å²) in [4.78, 5) is 11.9. The second kappa shape index (κ2) is 6.01. The van der Waals surface area contributed by atoms with Gasteiger partial charge < -0.3 is 10.4 Å². The summed E-state index contributed by atoms with van der Waals surface area (Å²) < 4.78 is 1.33. The van der Waals surface area contributed by atoms with E-state index < -0.39 is 5.60 Å². The Bertz CT molecular complexity index is 664. The van der Waals surface area contributed by atoms with E-state index >= 15 is 0 Å². The van der Waals surface area contributed by atoms with E-state index in [1.54, 1.807) is 32.0 Å². The molecule has 6 nitrogen and oxygen atoms in total. The highest BCUT2D eigenvalue weighted by Crippen LogP contribution is 2.25. The second-order valence-electron chi connectivity index (χ2n) is 5.03. The zero-order chi connectivity index (χ0) is 15.6. The molecule has 0 bridgehead atoms. The molecule has 0 saturated heterocycles. The first-order valence-corrected chi connectivity index (χ1v) is 6.89. The summed E-state index contributed by atoms with van der Waals surface area (Å²) in [7, 11) is 0. The molecule has 2 N–H and O–H groups in total. The van der Waals surface area contributed by atoms with Gasteiger partial charge in [-0.2, -0.15) is 0 Å². The Morgan fingerprint density at radius 2 is 2.14 bits per heavy atom. The minimum Gasteiger partial charge on any atom is -0.384 e. The molecule has 0 aliphatic heterocycles. The summed E-state index contributed by atoms with van der Waals surface area (Å²) in [5.74, 6) is -0.327. The van der Waals surface area contributed by atoms with Crippen molar-refractivity contribution in [2.24, 2.45) is 0 Å². The van der Waals surface area contributed by atoms with Crippen molar-refractivity contribution in [2.45, 2.75) is 26.0 Å². The molecule has 2 rings (SSSR count). The predicted molar refractivity (Wildman–Crippen MR) is 80.4 cm³/mol. The molecule has 1 aromatic heterocycles. The lowest BCUT2D eigenvalue weighted by atomic mass is 10.1. The van der Waals surface area contributed by atoms with Crippen LogP contribution in [0.2, 0.25) is 10.0 Å². The molecule has 0 atom stereocenters. The Kier molecular flexibility index (Phi) is 4.51. The van der Waals surface area contributed by atoms with Gasteiger partial charge in [0.05, 0.1) is 16.9 Å². The van der Waals surface area contributed by atoms with Crippen LogP contribution in [0, 0.1) is 0 Å². The zero-order valence-corrected chi connectivity index (χ0v) is 13.0. The monoisotopic (exact) mass is 328 g/mol. The molecular weight excluding hydrogens is 315 g/mol. The van der Waals surface area contributed by atoms with Crippen LogP contribution >= 0.6 is 23.2 Å². The predicted octanol–water partition coefficient (Wildman–Crippen LogP) is 2.45. The van der Waals surface area contributed by atoms with Gasteiger partial charge in [-0.3, -0.25) is 4.79 Å². The number of nitrogens with zero attached hydrogens (tertiary/aromatic N) is 3. The van der Waals surface area contributed by atoms with Crippen molar-refractivity contribution in [3.05, 3.63) is 40.1 Å². The van der Waals surface area contributed by atoms with E-state index in [2.05, 4.69) is 15.6 Å². The summed E-state index contributed by atoms with van der Waals surface area (Å²) in [5, 5.41) is 20.9. The van der Waals surface area contributed by atoms with Crippen molar-refractivity contribution < 1.29 is 9.90 Å². The largest absolute Gasteiger partial charge is 0.384 e. The second-order valence-corrected chi connectivity index (χ2v) is 5.88. The molecule has 0 aliphatic carbocycles. The Balaban J connectivity index is 2.05. The van der Waals surface area contributed by atoms with E-state index in [4.69, 9.17) is 23.2 Å². The number of rotatable bonds is 4. The lowest BCUT2D eigenvalue weighted by Crippen LogP contribution is -2.19. The number of aromatic nitrogens is 3. The van der Waals surface area contributed by atoms with Crippen LogP contribution in [0.4, 0.5) is 5.69 Å². The molecule has 1 amide bonds. The maximum Gasteiger partial charge on any atom is 0.246 e. The van der Waals surface area contributed by atoms with Gasteiger partial charge in [0.2, 0.25) is 5.91 Å². The minimum atomic E-state index is -1.11. The smallest absolute Gasteiger partial charge is 0.246 e. The van der Waals surface area contributed by atoms with E-state index in [1.807, 2.05) is 0 Å². The number of aliphatic hydroxyl groups is 1. The number of hydrogen-bond donors (Lipinski definition) is 2. The van der Waals surface area contributed by atoms with Crippen LogP contribution in [0.25, 0.3) is 0 Å². The molecule has 21 heavy (non-hydrogen) atoms. The molecule has 0 radical (unpaired) electrons. The molecule has 0 saturated carbocycles. The average molecular weight is 329 g/mol. The third-order valence-corrected chi connectivity index (χ3v) is 3.24. The first-order chi connectivity index (χ1) is 9.75. The molecular formula is C13H14Cl2N4O2. The van der Waals surface area contributed by atoms with Crippen molar-refractivity contribution in [3.63, 3.8) is 0 Å². The van der Waals surface area contributed by atoms with Gasteiger partial charge in [-0.05, 0) is 32.0 Å². The van der Waals surface area contributed by atoms with Crippen LogP contribution in [-0.4, -0.2) is 26.0 Å². The van der Waals surface area contributed by atoms with E-state index in [1.165, 1.54) is 10.9 Å². The molecule has 0 aliphatic rings. The molecule has 8 heteroatoms. The van der Waals surface area contributed by atoms with Crippen LogP contribution in [-0.2, 0) is 16.9 Å². The SMILES string of the molecule is CC(C)(O)c1cn(CC(=O)Nc2cc(Cl)ccc2Cl)nn1. The molecule has 0 spiro atoms. The molecule has 1 heterocycles. The first kappa shape index (κ1) is 15.8. The number of hydrogen-bond acceptors (Lipinski definition) is 4.